The molecule has 5 rings (SSSR count). The van der Waals surface area contributed by atoms with E-state index < -0.39 is 59.1 Å². The zero-order valence-corrected chi connectivity index (χ0v) is 25.6. The Labute approximate surface area is 265 Å². The fourth-order valence-corrected chi connectivity index (χ4v) is 6.17. The average molecular weight is 673 g/mol. The van der Waals surface area contributed by atoms with E-state index in [0.29, 0.717) is 56.2 Å². The second kappa shape index (κ2) is 12.8. The van der Waals surface area contributed by atoms with E-state index in [-0.39, 0.29) is 34.7 Å². The van der Waals surface area contributed by atoms with Crippen molar-refractivity contribution in [3.8, 4) is 5.88 Å². The minimum atomic E-state index is -5.03. The largest absolute Gasteiger partial charge is 0.481 e. The number of carbonyl (C=O) groups is 1. The van der Waals surface area contributed by atoms with E-state index in [1.54, 1.807) is 12.1 Å². The lowest BCUT2D eigenvalue weighted by atomic mass is 9.70. The molecule has 3 unspecified atom stereocenters. The van der Waals surface area contributed by atoms with Gasteiger partial charge in [-0.3, -0.25) is 4.79 Å². The topological polar surface area (TPSA) is 115 Å². The number of benzene rings is 1. The molecule has 0 amide bonds. The van der Waals surface area contributed by atoms with Crippen molar-refractivity contribution in [2.75, 3.05) is 49.5 Å². The van der Waals surface area contributed by atoms with Crippen molar-refractivity contribution < 1.29 is 40.6 Å². The van der Waals surface area contributed by atoms with E-state index in [1.807, 2.05) is 11.8 Å². The summed E-state index contributed by atoms with van der Waals surface area (Å²) in [5.41, 5.74) is 3.30. The van der Waals surface area contributed by atoms with Gasteiger partial charge >= 0.3 is 12.4 Å². The number of hydrogen-bond acceptors (Lipinski definition) is 9. The minimum Gasteiger partial charge on any atom is -0.481 e. The number of alkyl halides is 7. The molecular formula is C30H31ClF6N6O3. The molecule has 2 aliphatic heterocycles. The van der Waals surface area contributed by atoms with Crippen LogP contribution in [-0.4, -0.2) is 66.1 Å². The van der Waals surface area contributed by atoms with E-state index in [4.69, 9.17) is 31.8 Å². The Morgan fingerprint density at radius 3 is 2.33 bits per heavy atom. The number of ether oxygens (including phenoxy) is 2. The van der Waals surface area contributed by atoms with Gasteiger partial charge in [-0.15, -0.1) is 11.6 Å². The molecule has 3 aromatic rings. The molecule has 0 aliphatic carbocycles. The first-order valence-electron chi connectivity index (χ1n) is 14.4. The van der Waals surface area contributed by atoms with E-state index in [9.17, 15) is 31.1 Å². The third-order valence-corrected chi connectivity index (χ3v) is 8.47. The molecule has 0 spiro atoms. The normalized spacial score (nSPS) is 21.8. The van der Waals surface area contributed by atoms with Crippen LogP contribution in [0.1, 0.15) is 47.2 Å². The zero-order valence-electron chi connectivity index (χ0n) is 24.8. The van der Waals surface area contributed by atoms with Crippen molar-refractivity contribution in [1.29, 1.82) is 0 Å². The highest BCUT2D eigenvalue weighted by Gasteiger charge is 2.54. The molecule has 1 fully saturated rings. The highest BCUT2D eigenvalue weighted by molar-refractivity contribution is 6.28. The quantitative estimate of drug-likeness (QED) is 0.247. The molecule has 4 heterocycles. The third-order valence-electron chi connectivity index (χ3n) is 8.21. The number of ketones is 1. The number of rotatable bonds is 8. The standard InChI is InChI=1S/C30H31ClF6N6O3/c1-3-19-25(23(44)14-31)28(38,26-20(40-19)4-5-24(42-26)45-2)27-39-15-22(43-6-8-46-9-7-43)21(41-27)12-16-10-17(29(32,33)34)13-18(11-16)30(35,36)37/h4-5,10-11,13,15,19,25,40H,3,6-9,12,14,38H2,1-2H3. The molecule has 16 heteroatoms. The molecule has 3 atom stereocenters. The van der Waals surface area contributed by atoms with E-state index in [2.05, 4.69) is 15.3 Å². The number of halogens is 7. The van der Waals surface area contributed by atoms with Crippen LogP contribution in [0.2, 0.25) is 0 Å². The number of aromatic nitrogens is 3. The number of methoxy groups -OCH3 is 1. The van der Waals surface area contributed by atoms with Crippen LogP contribution in [0.25, 0.3) is 0 Å². The monoisotopic (exact) mass is 672 g/mol. The predicted octanol–water partition coefficient (Wildman–Crippen LogP) is 5.18. The Morgan fingerprint density at radius 2 is 1.76 bits per heavy atom. The molecule has 46 heavy (non-hydrogen) atoms. The summed E-state index contributed by atoms with van der Waals surface area (Å²) in [5, 5.41) is 3.28. The van der Waals surface area contributed by atoms with Crippen LogP contribution in [0.5, 0.6) is 5.88 Å². The van der Waals surface area contributed by atoms with Crippen LogP contribution in [0, 0.1) is 5.92 Å². The number of nitrogens with zero attached hydrogens (tertiary/aromatic N) is 4. The third kappa shape index (κ3) is 6.45. The van der Waals surface area contributed by atoms with Crippen molar-refractivity contribution in [3.63, 3.8) is 0 Å². The van der Waals surface area contributed by atoms with Gasteiger partial charge in [-0.1, -0.05) is 6.92 Å². The lowest BCUT2D eigenvalue weighted by Gasteiger charge is -2.44. The maximum Gasteiger partial charge on any atom is 0.416 e. The van der Waals surface area contributed by atoms with Crippen molar-refractivity contribution in [1.82, 2.24) is 15.0 Å². The van der Waals surface area contributed by atoms with E-state index in [1.165, 1.54) is 13.3 Å². The Kier molecular flexibility index (Phi) is 9.40. The number of nitrogens with two attached hydrogens (primary N) is 1. The highest BCUT2D eigenvalue weighted by atomic mass is 35.5. The Bertz CT molecular complexity index is 1570. The summed E-state index contributed by atoms with van der Waals surface area (Å²) in [7, 11) is 1.40. The predicted molar refractivity (Wildman–Crippen MR) is 157 cm³/mol. The number of anilines is 2. The zero-order chi connectivity index (χ0) is 33.4. The van der Waals surface area contributed by atoms with E-state index in [0.717, 1.165) is 0 Å². The summed E-state index contributed by atoms with van der Waals surface area (Å²) in [5.74, 6) is -1.81. The molecule has 3 N–H and O–H groups in total. The van der Waals surface area contributed by atoms with Gasteiger partial charge in [0.05, 0.1) is 72.2 Å². The van der Waals surface area contributed by atoms with Gasteiger partial charge in [-0.25, -0.2) is 15.0 Å². The average Bonchev–Trinajstić information content (AvgIpc) is 3.03. The van der Waals surface area contributed by atoms with Gasteiger partial charge in [0.1, 0.15) is 5.54 Å². The lowest BCUT2D eigenvalue weighted by molar-refractivity contribution is -0.143. The van der Waals surface area contributed by atoms with E-state index >= 15 is 0 Å². The van der Waals surface area contributed by atoms with Gasteiger partial charge in [0.25, 0.3) is 0 Å². The van der Waals surface area contributed by atoms with Gasteiger partial charge in [0.15, 0.2) is 11.6 Å². The Balaban J connectivity index is 1.73. The summed E-state index contributed by atoms with van der Waals surface area (Å²) in [4.78, 5) is 29.1. The van der Waals surface area contributed by atoms with Crippen molar-refractivity contribution >= 4 is 28.8 Å². The molecule has 2 aliphatic rings. The molecule has 0 saturated carbocycles. The summed E-state index contributed by atoms with van der Waals surface area (Å²) in [6.45, 7) is 3.25. The first-order chi connectivity index (χ1) is 21.7. The van der Waals surface area contributed by atoms with Crippen molar-refractivity contribution in [2.45, 2.75) is 43.7 Å². The fourth-order valence-electron chi connectivity index (χ4n) is 6.00. The van der Waals surface area contributed by atoms with Crippen molar-refractivity contribution in [3.05, 3.63) is 70.4 Å². The first kappa shape index (κ1) is 33.7. The smallest absolute Gasteiger partial charge is 0.416 e. The molecule has 1 aromatic carbocycles. The van der Waals surface area contributed by atoms with Gasteiger partial charge < -0.3 is 25.4 Å². The van der Waals surface area contributed by atoms with Crippen molar-refractivity contribution in [2.24, 2.45) is 11.7 Å². The van der Waals surface area contributed by atoms with Crippen LogP contribution >= 0.6 is 11.6 Å². The molecule has 0 bridgehead atoms. The first-order valence-corrected chi connectivity index (χ1v) is 14.9. The van der Waals surface area contributed by atoms with Crippen LogP contribution in [-0.2, 0) is 33.8 Å². The Morgan fingerprint density at radius 1 is 1.11 bits per heavy atom. The summed E-state index contributed by atoms with van der Waals surface area (Å²) in [6, 6.07) is 4.14. The van der Waals surface area contributed by atoms with Crippen LogP contribution < -0.4 is 20.7 Å². The number of nitrogens with one attached hydrogen (secondary N) is 1. The van der Waals surface area contributed by atoms with Gasteiger partial charge in [0, 0.05) is 31.6 Å². The summed E-state index contributed by atoms with van der Waals surface area (Å²) in [6.07, 6.45) is -8.65. The highest BCUT2D eigenvalue weighted by Crippen LogP contribution is 2.45. The summed E-state index contributed by atoms with van der Waals surface area (Å²) < 4.78 is 93.1. The molecule has 1 saturated heterocycles. The van der Waals surface area contributed by atoms with Crippen LogP contribution in [0.15, 0.2) is 36.5 Å². The van der Waals surface area contributed by atoms with Gasteiger partial charge in [-0.05, 0) is 36.2 Å². The molecular weight excluding hydrogens is 642 g/mol. The fraction of sp³-hybridized carbons (Fsp3) is 0.467. The lowest BCUT2D eigenvalue weighted by Crippen LogP contribution is -2.60. The number of carbonyl (C=O) groups excluding carboxylic acids is 1. The van der Waals surface area contributed by atoms with Gasteiger partial charge in [0.2, 0.25) is 5.88 Å². The van der Waals surface area contributed by atoms with Crippen LogP contribution in [0.3, 0.4) is 0 Å². The number of Topliss-reactive ketones (excluding diaryl/α,β-unsaturated/α-hetero) is 1. The van der Waals surface area contributed by atoms with Crippen LogP contribution in [0.4, 0.5) is 37.7 Å². The molecule has 2 aromatic heterocycles. The van der Waals surface area contributed by atoms with Gasteiger partial charge in [-0.2, -0.15) is 26.3 Å². The molecule has 0 radical (unpaired) electrons. The second-order valence-electron chi connectivity index (χ2n) is 11.1. The minimum absolute atomic E-state index is 0.0743. The molecule has 248 valence electrons. The maximum atomic E-state index is 13.7. The Hall–Kier alpha value is -3.69. The number of fused-ring (bicyclic) bond motifs is 1. The maximum absolute atomic E-state index is 13.7. The molecule has 9 nitrogen and oxygen atoms in total. The number of pyridine rings is 1. The number of hydrogen-bond donors (Lipinski definition) is 2. The second-order valence-corrected chi connectivity index (χ2v) is 11.3. The summed E-state index contributed by atoms with van der Waals surface area (Å²) >= 11 is 6.06. The number of morpholine rings is 1. The SMILES string of the molecule is CCC1Nc2ccc(OC)nc2C(N)(c2ncc(N3CCOCC3)c(Cc3cc(C(F)(F)F)cc(C(F)(F)F)c3)n2)C1C(=O)CCl.